The molecule has 0 unspecified atom stereocenters. The number of rotatable bonds is 8. The number of benzene rings is 2. The molecular weight excluding hydrogens is 388 g/mol. The summed E-state index contributed by atoms with van der Waals surface area (Å²) in [6, 6.07) is 15.4. The van der Waals surface area contributed by atoms with E-state index in [9.17, 15) is 9.59 Å². The number of carbonyl (C=O) groups excluding carboxylic acids is 2. The first kappa shape index (κ1) is 20.5. The lowest BCUT2D eigenvalue weighted by Gasteiger charge is -2.12. The van der Waals surface area contributed by atoms with Gasteiger partial charge in [-0.2, -0.15) is 0 Å². The van der Waals surface area contributed by atoms with E-state index < -0.39 is 12.1 Å². The predicted molar refractivity (Wildman–Crippen MR) is 114 cm³/mol. The summed E-state index contributed by atoms with van der Waals surface area (Å²) >= 11 is 1.48. The highest BCUT2D eigenvalue weighted by Crippen LogP contribution is 2.22. The monoisotopic (exact) mass is 410 g/mol. The van der Waals surface area contributed by atoms with Crippen LogP contribution < -0.4 is 10.1 Å². The average molecular weight is 410 g/mol. The van der Waals surface area contributed by atoms with E-state index in [2.05, 4.69) is 10.3 Å². The van der Waals surface area contributed by atoms with E-state index >= 15 is 0 Å². The lowest BCUT2D eigenvalue weighted by Crippen LogP contribution is -2.36. The van der Waals surface area contributed by atoms with Crippen LogP contribution in [0.2, 0.25) is 0 Å². The standard InChI is InChI=1S/C22H22N2O4S/c1-15(22(26)23-14-13-16-7-9-17(27-2)10-8-16)28-21(25)12-11-20-24-18-5-3-4-6-19(18)29-20/h3-12,15H,13-14H2,1-2H3,(H,23,26)/b12-11+/t15-/m1/s1. The average Bonchev–Trinajstić information content (AvgIpc) is 3.15. The van der Waals surface area contributed by atoms with E-state index in [4.69, 9.17) is 9.47 Å². The van der Waals surface area contributed by atoms with Crippen molar-refractivity contribution in [3.63, 3.8) is 0 Å². The fraction of sp³-hybridized carbons (Fsp3) is 0.227. The Bertz CT molecular complexity index is 978. The van der Waals surface area contributed by atoms with Crippen molar-refractivity contribution in [3.05, 3.63) is 65.2 Å². The molecule has 0 aliphatic rings. The normalized spacial score (nSPS) is 12.1. The third kappa shape index (κ3) is 5.89. The first-order valence-corrected chi connectivity index (χ1v) is 10.0. The van der Waals surface area contributed by atoms with Crippen LogP contribution in [0.5, 0.6) is 5.75 Å². The summed E-state index contributed by atoms with van der Waals surface area (Å²) in [6.07, 6.45) is 2.69. The molecule has 0 saturated carbocycles. The Morgan fingerprint density at radius 2 is 1.93 bits per heavy atom. The number of aromatic nitrogens is 1. The number of thiazole rings is 1. The van der Waals surface area contributed by atoms with Crippen LogP contribution >= 0.6 is 11.3 Å². The van der Waals surface area contributed by atoms with Crippen LogP contribution in [0.15, 0.2) is 54.6 Å². The molecule has 7 heteroatoms. The molecule has 1 aromatic heterocycles. The van der Waals surface area contributed by atoms with Gasteiger partial charge in [-0.05, 0) is 49.2 Å². The number of esters is 1. The predicted octanol–water partition coefficient (Wildman–Crippen LogP) is 3.61. The molecule has 0 fully saturated rings. The number of carbonyl (C=O) groups is 2. The van der Waals surface area contributed by atoms with Crippen molar-refractivity contribution >= 4 is 39.5 Å². The van der Waals surface area contributed by atoms with Crippen molar-refractivity contribution in [1.82, 2.24) is 10.3 Å². The highest BCUT2D eigenvalue weighted by atomic mass is 32.1. The zero-order valence-electron chi connectivity index (χ0n) is 16.3. The Morgan fingerprint density at radius 1 is 1.17 bits per heavy atom. The minimum atomic E-state index is -0.876. The highest BCUT2D eigenvalue weighted by molar-refractivity contribution is 7.19. The van der Waals surface area contributed by atoms with Gasteiger partial charge in [-0.1, -0.05) is 24.3 Å². The van der Waals surface area contributed by atoms with Crippen molar-refractivity contribution in [1.29, 1.82) is 0 Å². The van der Waals surface area contributed by atoms with Crippen molar-refractivity contribution in [2.24, 2.45) is 0 Å². The van der Waals surface area contributed by atoms with Crippen LogP contribution in [0, 0.1) is 0 Å². The van der Waals surface area contributed by atoms with Crippen molar-refractivity contribution in [2.45, 2.75) is 19.4 Å². The van der Waals surface area contributed by atoms with Crippen molar-refractivity contribution in [3.8, 4) is 5.75 Å². The smallest absolute Gasteiger partial charge is 0.331 e. The number of amides is 1. The summed E-state index contributed by atoms with van der Waals surface area (Å²) in [7, 11) is 1.62. The van der Waals surface area contributed by atoms with Crippen LogP contribution in [-0.4, -0.2) is 36.6 Å². The van der Waals surface area contributed by atoms with Crippen molar-refractivity contribution < 1.29 is 19.1 Å². The van der Waals surface area contributed by atoms with Gasteiger partial charge in [0.05, 0.1) is 17.3 Å². The number of hydrogen-bond donors (Lipinski definition) is 1. The van der Waals surface area contributed by atoms with Gasteiger partial charge in [0.2, 0.25) is 0 Å². The van der Waals surface area contributed by atoms with Gasteiger partial charge in [-0.25, -0.2) is 9.78 Å². The number of methoxy groups -OCH3 is 1. The highest BCUT2D eigenvalue weighted by Gasteiger charge is 2.16. The third-order valence-corrected chi connectivity index (χ3v) is 5.21. The molecule has 1 N–H and O–H groups in total. The number of para-hydroxylation sites is 1. The maximum Gasteiger partial charge on any atom is 0.331 e. The topological polar surface area (TPSA) is 77.5 Å². The molecule has 0 aliphatic heterocycles. The minimum absolute atomic E-state index is 0.333. The van der Waals surface area contributed by atoms with Gasteiger partial charge in [0.15, 0.2) is 6.10 Å². The van der Waals surface area contributed by atoms with Gasteiger partial charge in [0.1, 0.15) is 10.8 Å². The van der Waals surface area contributed by atoms with Crippen LogP contribution in [0.25, 0.3) is 16.3 Å². The molecule has 0 bridgehead atoms. The molecule has 150 valence electrons. The fourth-order valence-electron chi connectivity index (χ4n) is 2.63. The summed E-state index contributed by atoms with van der Waals surface area (Å²) in [6.45, 7) is 2.00. The zero-order valence-corrected chi connectivity index (χ0v) is 17.1. The molecule has 3 rings (SSSR count). The second-order valence-corrected chi connectivity index (χ2v) is 7.38. The second kappa shape index (κ2) is 9.84. The number of ether oxygens (including phenoxy) is 2. The van der Waals surface area contributed by atoms with Crippen LogP contribution in [0.3, 0.4) is 0 Å². The van der Waals surface area contributed by atoms with E-state index in [1.807, 2.05) is 48.5 Å². The lowest BCUT2D eigenvalue weighted by atomic mass is 10.1. The van der Waals surface area contributed by atoms with E-state index in [0.717, 1.165) is 21.5 Å². The van der Waals surface area contributed by atoms with Gasteiger partial charge in [-0.3, -0.25) is 4.79 Å². The summed E-state index contributed by atoms with van der Waals surface area (Å²) in [4.78, 5) is 28.5. The third-order valence-electron chi connectivity index (χ3n) is 4.21. The number of hydrogen-bond acceptors (Lipinski definition) is 6. The maximum atomic E-state index is 12.1. The first-order chi connectivity index (χ1) is 14.0. The molecule has 1 amide bonds. The van der Waals surface area contributed by atoms with Crippen molar-refractivity contribution in [2.75, 3.05) is 13.7 Å². The van der Waals surface area contributed by atoms with E-state index in [1.54, 1.807) is 20.1 Å². The van der Waals surface area contributed by atoms with Crippen LogP contribution in [0.4, 0.5) is 0 Å². The second-order valence-electron chi connectivity index (χ2n) is 6.32. The molecular formula is C22H22N2O4S. The Hall–Kier alpha value is -3.19. The Morgan fingerprint density at radius 3 is 2.66 bits per heavy atom. The van der Waals surface area contributed by atoms with Gasteiger partial charge in [0.25, 0.3) is 5.91 Å². The Kier molecular flexibility index (Phi) is 6.97. The van der Waals surface area contributed by atoms with Crippen LogP contribution in [-0.2, 0) is 20.7 Å². The number of nitrogens with one attached hydrogen (secondary N) is 1. The molecule has 3 aromatic rings. The first-order valence-electron chi connectivity index (χ1n) is 9.20. The van der Waals surface area contributed by atoms with E-state index in [-0.39, 0.29) is 5.91 Å². The van der Waals surface area contributed by atoms with Gasteiger partial charge in [-0.15, -0.1) is 11.3 Å². The van der Waals surface area contributed by atoms with E-state index in [1.165, 1.54) is 17.4 Å². The van der Waals surface area contributed by atoms with E-state index in [0.29, 0.717) is 18.0 Å². The summed E-state index contributed by atoms with van der Waals surface area (Å²) < 4.78 is 11.3. The zero-order chi connectivity index (χ0) is 20.6. The maximum absolute atomic E-state index is 12.1. The summed E-state index contributed by atoms with van der Waals surface area (Å²) in [5.74, 6) is -0.125. The summed E-state index contributed by atoms with van der Waals surface area (Å²) in [5, 5.41) is 3.48. The summed E-state index contributed by atoms with van der Waals surface area (Å²) in [5.41, 5.74) is 1.96. The SMILES string of the molecule is COc1ccc(CCNC(=O)[C@@H](C)OC(=O)/C=C/c2nc3ccccc3s2)cc1. The lowest BCUT2D eigenvalue weighted by molar-refractivity contribution is -0.150. The van der Waals surface area contributed by atoms with Crippen LogP contribution in [0.1, 0.15) is 17.5 Å². The molecule has 2 aromatic carbocycles. The quantitative estimate of drug-likeness (QED) is 0.453. The molecule has 0 aliphatic carbocycles. The van der Waals surface area contributed by atoms with Gasteiger partial charge >= 0.3 is 5.97 Å². The number of fused-ring (bicyclic) bond motifs is 1. The molecule has 6 nitrogen and oxygen atoms in total. The molecule has 0 radical (unpaired) electrons. The Balaban J connectivity index is 1.43. The molecule has 0 saturated heterocycles. The Labute approximate surface area is 173 Å². The fourth-order valence-corrected chi connectivity index (χ4v) is 3.50. The molecule has 1 atom stereocenters. The largest absolute Gasteiger partial charge is 0.497 e. The molecule has 0 spiro atoms. The molecule has 1 heterocycles. The molecule has 29 heavy (non-hydrogen) atoms. The number of nitrogens with zero attached hydrogens (tertiary/aromatic N) is 1. The minimum Gasteiger partial charge on any atom is -0.497 e. The van der Waals surface area contributed by atoms with Gasteiger partial charge < -0.3 is 14.8 Å². The van der Waals surface area contributed by atoms with Gasteiger partial charge in [0, 0.05) is 12.6 Å².